The normalized spacial score (nSPS) is 19.3. The second-order valence-electron chi connectivity index (χ2n) is 3.20. The molecule has 0 radical (unpaired) electrons. The summed E-state index contributed by atoms with van der Waals surface area (Å²) in [5.41, 5.74) is 0.662. The minimum absolute atomic E-state index is 0.0347. The van der Waals surface area contributed by atoms with E-state index in [1.54, 1.807) is 12.1 Å². The number of anilines is 1. The molecular formula is C10H7ClFN3S2. The molecule has 17 heavy (non-hydrogen) atoms. The summed E-state index contributed by atoms with van der Waals surface area (Å²) in [5.74, 6) is -0.540. The van der Waals surface area contributed by atoms with Gasteiger partial charge in [0.15, 0.2) is 5.82 Å². The van der Waals surface area contributed by atoms with Crippen LogP contribution in [0.2, 0.25) is 5.02 Å². The van der Waals surface area contributed by atoms with Crippen LogP contribution in [0.25, 0.3) is 0 Å². The Morgan fingerprint density at radius 3 is 3.06 bits per heavy atom. The Hall–Kier alpha value is -0.870. The number of nitriles is 1. The van der Waals surface area contributed by atoms with Crippen LogP contribution in [0.1, 0.15) is 0 Å². The maximum Gasteiger partial charge on any atom is 0.165 e. The number of hydrogen-bond donors (Lipinski definition) is 3. The summed E-state index contributed by atoms with van der Waals surface area (Å²) in [6.07, 6.45) is 0. The molecule has 1 atom stereocenters. The fourth-order valence-electron chi connectivity index (χ4n) is 1.28. The van der Waals surface area contributed by atoms with E-state index >= 15 is 0 Å². The predicted octanol–water partition coefficient (Wildman–Crippen LogP) is 3.13. The zero-order chi connectivity index (χ0) is 12.4. The third-order valence-corrected chi connectivity index (χ3v) is 3.84. The van der Waals surface area contributed by atoms with E-state index < -0.39 is 5.82 Å². The van der Waals surface area contributed by atoms with Crippen molar-refractivity contribution in [1.82, 2.24) is 4.72 Å². The van der Waals surface area contributed by atoms with Gasteiger partial charge in [-0.1, -0.05) is 17.7 Å². The van der Waals surface area contributed by atoms with Gasteiger partial charge in [-0.05, 0) is 24.1 Å². The van der Waals surface area contributed by atoms with Crippen molar-refractivity contribution in [2.45, 2.75) is 5.37 Å². The Balaban J connectivity index is 2.31. The SMILES string of the molecule is N#CC1=C(Nc2cccc(Cl)c2F)SNC1S. The molecule has 2 N–H and O–H groups in total. The molecule has 3 nitrogen and oxygen atoms in total. The molecule has 2 rings (SSSR count). The first kappa shape index (κ1) is 12.6. The molecule has 0 bridgehead atoms. The number of rotatable bonds is 2. The van der Waals surface area contributed by atoms with E-state index in [0.29, 0.717) is 10.6 Å². The molecule has 7 heteroatoms. The van der Waals surface area contributed by atoms with E-state index in [0.717, 1.165) is 0 Å². The molecule has 0 fully saturated rings. The summed E-state index contributed by atoms with van der Waals surface area (Å²) in [6.45, 7) is 0. The quantitative estimate of drug-likeness (QED) is 0.578. The Labute approximate surface area is 113 Å². The maximum absolute atomic E-state index is 13.6. The maximum atomic E-state index is 13.6. The Morgan fingerprint density at radius 1 is 1.59 bits per heavy atom. The first-order valence-corrected chi connectivity index (χ1v) is 6.30. The van der Waals surface area contributed by atoms with Gasteiger partial charge in [0.25, 0.3) is 0 Å². The smallest absolute Gasteiger partial charge is 0.165 e. The molecule has 0 aromatic heterocycles. The van der Waals surface area contributed by atoms with Gasteiger partial charge in [-0.3, -0.25) is 0 Å². The average Bonchev–Trinajstić information content (AvgIpc) is 2.66. The van der Waals surface area contributed by atoms with Gasteiger partial charge in [-0.25, -0.2) is 9.11 Å². The summed E-state index contributed by atoms with van der Waals surface area (Å²) in [5, 5.41) is 12.0. The largest absolute Gasteiger partial charge is 0.346 e. The zero-order valence-corrected chi connectivity index (χ0v) is 10.8. The molecule has 0 amide bonds. The second kappa shape index (κ2) is 5.19. The molecule has 1 aromatic carbocycles. The molecule has 1 aromatic rings. The number of nitrogens with zero attached hydrogens (tertiary/aromatic N) is 1. The first-order chi connectivity index (χ1) is 8.13. The lowest BCUT2D eigenvalue weighted by Gasteiger charge is -2.08. The van der Waals surface area contributed by atoms with Crippen molar-refractivity contribution in [2.24, 2.45) is 0 Å². The van der Waals surface area contributed by atoms with Gasteiger partial charge in [-0.15, -0.1) is 0 Å². The van der Waals surface area contributed by atoms with Crippen molar-refractivity contribution in [3.8, 4) is 6.07 Å². The van der Waals surface area contributed by atoms with Crippen molar-refractivity contribution in [3.05, 3.63) is 39.6 Å². The van der Waals surface area contributed by atoms with Crippen LogP contribution in [0, 0.1) is 17.1 Å². The van der Waals surface area contributed by atoms with Crippen LogP contribution in [-0.4, -0.2) is 5.37 Å². The van der Waals surface area contributed by atoms with E-state index in [4.69, 9.17) is 16.9 Å². The van der Waals surface area contributed by atoms with E-state index in [1.807, 2.05) is 6.07 Å². The average molecular weight is 288 g/mol. The highest BCUT2D eigenvalue weighted by atomic mass is 35.5. The van der Waals surface area contributed by atoms with Crippen molar-refractivity contribution < 1.29 is 4.39 Å². The summed E-state index contributed by atoms with van der Waals surface area (Å²) < 4.78 is 16.5. The molecule has 0 spiro atoms. The van der Waals surface area contributed by atoms with Gasteiger partial charge < -0.3 is 5.32 Å². The minimum atomic E-state index is -0.540. The highest BCUT2D eigenvalue weighted by Gasteiger charge is 2.24. The summed E-state index contributed by atoms with van der Waals surface area (Å²) in [4.78, 5) is 0. The predicted molar refractivity (Wildman–Crippen MR) is 71.2 cm³/mol. The van der Waals surface area contributed by atoms with Crippen molar-refractivity contribution >= 4 is 41.9 Å². The van der Waals surface area contributed by atoms with Gasteiger partial charge >= 0.3 is 0 Å². The summed E-state index contributed by atoms with van der Waals surface area (Å²) >= 11 is 11.0. The topological polar surface area (TPSA) is 47.9 Å². The van der Waals surface area contributed by atoms with Gasteiger partial charge in [0.05, 0.1) is 21.7 Å². The standard InChI is InChI=1S/C10H7ClFN3S2/c11-6-2-1-3-7(8(6)12)14-10-5(4-13)9(16)15-17-10/h1-3,9,14-16H. The first-order valence-electron chi connectivity index (χ1n) is 4.59. The van der Waals surface area contributed by atoms with Crippen molar-refractivity contribution in [1.29, 1.82) is 5.26 Å². The van der Waals surface area contributed by atoms with Crippen LogP contribution in [0.15, 0.2) is 28.8 Å². The second-order valence-corrected chi connectivity index (χ2v) is 4.98. The van der Waals surface area contributed by atoms with Gasteiger partial charge in [0.1, 0.15) is 11.1 Å². The van der Waals surface area contributed by atoms with Crippen molar-refractivity contribution in [3.63, 3.8) is 0 Å². The number of thiol groups is 1. The molecular weight excluding hydrogens is 281 g/mol. The van der Waals surface area contributed by atoms with Crippen LogP contribution in [0.4, 0.5) is 10.1 Å². The third kappa shape index (κ3) is 2.53. The third-order valence-electron chi connectivity index (χ3n) is 2.11. The molecule has 0 saturated heterocycles. The zero-order valence-electron chi connectivity index (χ0n) is 8.37. The lowest BCUT2D eigenvalue weighted by atomic mass is 10.3. The molecule has 1 unspecified atom stereocenters. The van der Waals surface area contributed by atoms with Gasteiger partial charge in [0.2, 0.25) is 0 Å². The number of benzene rings is 1. The fourth-order valence-corrected chi connectivity index (χ4v) is 2.67. The lowest BCUT2D eigenvalue weighted by Crippen LogP contribution is -2.11. The lowest BCUT2D eigenvalue weighted by molar-refractivity contribution is 0.632. The number of nitrogens with one attached hydrogen (secondary N) is 2. The number of hydrogen-bond acceptors (Lipinski definition) is 5. The molecule has 88 valence electrons. The molecule has 1 aliphatic heterocycles. The van der Waals surface area contributed by atoms with E-state index in [-0.39, 0.29) is 16.1 Å². The molecule has 0 aliphatic carbocycles. The van der Waals surface area contributed by atoms with E-state index in [1.165, 1.54) is 18.0 Å². The van der Waals surface area contributed by atoms with Gasteiger partial charge in [0, 0.05) is 0 Å². The highest BCUT2D eigenvalue weighted by Crippen LogP contribution is 2.32. The number of halogens is 2. The summed E-state index contributed by atoms with van der Waals surface area (Å²) in [7, 11) is 0. The Kier molecular flexibility index (Phi) is 3.84. The van der Waals surface area contributed by atoms with Crippen LogP contribution >= 0.6 is 36.2 Å². The van der Waals surface area contributed by atoms with Crippen LogP contribution in [-0.2, 0) is 0 Å². The van der Waals surface area contributed by atoms with Crippen molar-refractivity contribution in [2.75, 3.05) is 5.32 Å². The Morgan fingerprint density at radius 2 is 2.35 bits per heavy atom. The molecule has 1 aliphatic rings. The minimum Gasteiger partial charge on any atom is -0.346 e. The van der Waals surface area contributed by atoms with E-state index in [2.05, 4.69) is 22.7 Å². The fraction of sp³-hybridized carbons (Fsp3) is 0.100. The highest BCUT2D eigenvalue weighted by molar-refractivity contribution is 8.02. The van der Waals surface area contributed by atoms with Gasteiger partial charge in [-0.2, -0.15) is 17.9 Å². The van der Waals surface area contributed by atoms with E-state index in [9.17, 15) is 4.39 Å². The molecule has 1 heterocycles. The van der Waals surface area contributed by atoms with Crippen LogP contribution in [0.3, 0.4) is 0 Å². The molecule has 0 saturated carbocycles. The van der Waals surface area contributed by atoms with Crippen LogP contribution in [0.5, 0.6) is 0 Å². The Bertz CT molecular complexity index is 527. The summed E-state index contributed by atoms with van der Waals surface area (Å²) in [6, 6.07) is 6.66. The van der Waals surface area contributed by atoms with Crippen LogP contribution < -0.4 is 10.0 Å². The monoisotopic (exact) mass is 287 g/mol.